The molecule has 0 saturated carbocycles. The Balaban J connectivity index is 2.17. The van der Waals surface area contributed by atoms with Crippen molar-refractivity contribution in [2.24, 2.45) is 0 Å². The fraction of sp³-hybridized carbons (Fsp3) is 0.737. The van der Waals surface area contributed by atoms with Crippen molar-refractivity contribution in [3.05, 3.63) is 30.1 Å². The second-order valence-electron chi connectivity index (χ2n) is 6.64. The quantitative estimate of drug-likeness (QED) is 0.452. The van der Waals surface area contributed by atoms with Gasteiger partial charge in [0.2, 0.25) is 10.0 Å². The monoisotopic (exact) mass is 354 g/mol. The van der Waals surface area contributed by atoms with E-state index in [2.05, 4.69) is 11.9 Å². The Morgan fingerprint density at radius 2 is 1.54 bits per heavy atom. The Morgan fingerprint density at radius 1 is 0.958 bits per heavy atom. The molecule has 0 aliphatic rings. The molecule has 0 unspecified atom stereocenters. The molecular weight excluding hydrogens is 320 g/mol. The fourth-order valence-electron chi connectivity index (χ4n) is 2.83. The van der Waals surface area contributed by atoms with Crippen LogP contribution in [0.3, 0.4) is 0 Å². The zero-order valence-electron chi connectivity index (χ0n) is 15.4. The SMILES string of the molecule is CCCCCCCCCCCCN(Cc1cccnc1)S(C)(=O)=O. The van der Waals surface area contributed by atoms with E-state index in [9.17, 15) is 8.42 Å². The number of hydrogen-bond acceptors (Lipinski definition) is 3. The number of nitrogens with zero attached hydrogens (tertiary/aromatic N) is 2. The Bertz CT molecular complexity index is 517. The lowest BCUT2D eigenvalue weighted by Crippen LogP contribution is -2.30. The lowest BCUT2D eigenvalue weighted by molar-refractivity contribution is 0.394. The topological polar surface area (TPSA) is 50.3 Å². The number of rotatable bonds is 14. The number of unbranched alkanes of at least 4 members (excludes halogenated alkanes) is 9. The highest BCUT2D eigenvalue weighted by molar-refractivity contribution is 7.88. The van der Waals surface area contributed by atoms with E-state index in [0.717, 1.165) is 18.4 Å². The largest absolute Gasteiger partial charge is 0.264 e. The molecule has 0 N–H and O–H groups in total. The summed E-state index contributed by atoms with van der Waals surface area (Å²) in [4.78, 5) is 4.06. The second kappa shape index (κ2) is 12.4. The Hall–Kier alpha value is -0.940. The summed E-state index contributed by atoms with van der Waals surface area (Å²) in [5.74, 6) is 0. The van der Waals surface area contributed by atoms with E-state index in [0.29, 0.717) is 13.1 Å². The minimum atomic E-state index is -3.17. The third kappa shape index (κ3) is 10.0. The molecule has 0 aliphatic heterocycles. The van der Waals surface area contributed by atoms with E-state index < -0.39 is 10.0 Å². The van der Waals surface area contributed by atoms with Gasteiger partial charge in [-0.25, -0.2) is 8.42 Å². The van der Waals surface area contributed by atoms with Crippen LogP contribution in [-0.2, 0) is 16.6 Å². The maximum Gasteiger partial charge on any atom is 0.211 e. The van der Waals surface area contributed by atoms with Gasteiger partial charge in [-0.2, -0.15) is 4.31 Å². The standard InChI is InChI=1S/C19H34N2O2S/c1-3-4-5-6-7-8-9-10-11-12-16-21(24(2,22)23)18-19-14-13-15-20-17-19/h13-15,17H,3-12,16,18H2,1-2H3. The molecule has 24 heavy (non-hydrogen) atoms. The maximum absolute atomic E-state index is 11.9. The lowest BCUT2D eigenvalue weighted by Gasteiger charge is -2.19. The first-order chi connectivity index (χ1) is 11.5. The van der Waals surface area contributed by atoms with Crippen LogP contribution < -0.4 is 0 Å². The summed E-state index contributed by atoms with van der Waals surface area (Å²) >= 11 is 0. The summed E-state index contributed by atoms with van der Waals surface area (Å²) in [7, 11) is -3.17. The van der Waals surface area contributed by atoms with Crippen molar-refractivity contribution >= 4 is 10.0 Å². The summed E-state index contributed by atoms with van der Waals surface area (Å²) in [6.45, 7) is 3.27. The van der Waals surface area contributed by atoms with Crippen LogP contribution in [0, 0.1) is 0 Å². The molecule has 138 valence electrons. The summed E-state index contributed by atoms with van der Waals surface area (Å²) in [5.41, 5.74) is 0.940. The molecule has 1 heterocycles. The van der Waals surface area contributed by atoms with Gasteiger partial charge in [-0.05, 0) is 18.1 Å². The van der Waals surface area contributed by atoms with E-state index in [-0.39, 0.29) is 0 Å². The molecule has 1 aromatic heterocycles. The van der Waals surface area contributed by atoms with Crippen molar-refractivity contribution in [3.8, 4) is 0 Å². The normalized spacial score (nSPS) is 12.0. The van der Waals surface area contributed by atoms with Crippen molar-refractivity contribution in [2.45, 2.75) is 77.7 Å². The minimum Gasteiger partial charge on any atom is -0.264 e. The zero-order chi connectivity index (χ0) is 17.7. The number of sulfonamides is 1. The second-order valence-corrected chi connectivity index (χ2v) is 8.62. The Morgan fingerprint density at radius 3 is 2.04 bits per heavy atom. The summed E-state index contributed by atoms with van der Waals surface area (Å²) < 4.78 is 25.4. The highest BCUT2D eigenvalue weighted by atomic mass is 32.2. The first kappa shape index (κ1) is 21.1. The van der Waals surface area contributed by atoms with Crippen molar-refractivity contribution in [1.82, 2.24) is 9.29 Å². The highest BCUT2D eigenvalue weighted by Crippen LogP contribution is 2.13. The van der Waals surface area contributed by atoms with Gasteiger partial charge in [-0.1, -0.05) is 70.8 Å². The van der Waals surface area contributed by atoms with Crippen LogP contribution in [0.5, 0.6) is 0 Å². The summed E-state index contributed by atoms with van der Waals surface area (Å²) in [5, 5.41) is 0. The van der Waals surface area contributed by atoms with Gasteiger partial charge < -0.3 is 0 Å². The van der Waals surface area contributed by atoms with Gasteiger partial charge in [-0.15, -0.1) is 0 Å². The molecule has 0 aromatic carbocycles. The molecule has 0 amide bonds. The molecule has 1 rings (SSSR count). The molecule has 1 aromatic rings. The average Bonchev–Trinajstić information content (AvgIpc) is 2.55. The van der Waals surface area contributed by atoms with Gasteiger partial charge in [0.15, 0.2) is 0 Å². The Kier molecular flexibility index (Phi) is 10.9. The van der Waals surface area contributed by atoms with Gasteiger partial charge in [0.1, 0.15) is 0 Å². The van der Waals surface area contributed by atoms with E-state index in [4.69, 9.17) is 0 Å². The van der Waals surface area contributed by atoms with Gasteiger partial charge in [0.25, 0.3) is 0 Å². The van der Waals surface area contributed by atoms with Crippen LogP contribution in [0.25, 0.3) is 0 Å². The summed E-state index contributed by atoms with van der Waals surface area (Å²) in [6.07, 6.45) is 17.3. The van der Waals surface area contributed by atoms with E-state index in [1.165, 1.54) is 57.6 Å². The predicted molar refractivity (Wildman–Crippen MR) is 101 cm³/mol. The smallest absolute Gasteiger partial charge is 0.211 e. The van der Waals surface area contributed by atoms with E-state index >= 15 is 0 Å². The molecule has 0 saturated heterocycles. The van der Waals surface area contributed by atoms with Gasteiger partial charge >= 0.3 is 0 Å². The molecule has 5 heteroatoms. The zero-order valence-corrected chi connectivity index (χ0v) is 16.2. The predicted octanol–water partition coefficient (Wildman–Crippen LogP) is 4.76. The fourth-order valence-corrected chi connectivity index (χ4v) is 3.68. The third-order valence-electron chi connectivity index (χ3n) is 4.31. The highest BCUT2D eigenvalue weighted by Gasteiger charge is 2.16. The third-order valence-corrected chi connectivity index (χ3v) is 5.56. The van der Waals surface area contributed by atoms with Crippen LogP contribution in [0.1, 0.15) is 76.7 Å². The first-order valence-corrected chi connectivity index (χ1v) is 11.2. The van der Waals surface area contributed by atoms with Crippen molar-refractivity contribution in [3.63, 3.8) is 0 Å². The molecule has 0 atom stereocenters. The van der Waals surface area contributed by atoms with Crippen LogP contribution in [-0.4, -0.2) is 30.5 Å². The van der Waals surface area contributed by atoms with Crippen molar-refractivity contribution < 1.29 is 8.42 Å². The van der Waals surface area contributed by atoms with Gasteiger partial charge in [-0.3, -0.25) is 4.98 Å². The van der Waals surface area contributed by atoms with Crippen LogP contribution >= 0.6 is 0 Å². The van der Waals surface area contributed by atoms with Crippen LogP contribution in [0.4, 0.5) is 0 Å². The molecule has 0 fully saturated rings. The molecule has 0 aliphatic carbocycles. The molecule has 0 bridgehead atoms. The summed E-state index contributed by atoms with van der Waals surface area (Å²) in [6, 6.07) is 3.76. The van der Waals surface area contributed by atoms with Gasteiger partial charge in [0, 0.05) is 25.5 Å². The van der Waals surface area contributed by atoms with Crippen molar-refractivity contribution in [2.75, 3.05) is 12.8 Å². The minimum absolute atomic E-state index is 0.421. The van der Waals surface area contributed by atoms with E-state index in [1.54, 1.807) is 16.7 Å². The number of pyridine rings is 1. The molecule has 0 spiro atoms. The average molecular weight is 355 g/mol. The first-order valence-electron chi connectivity index (χ1n) is 9.38. The van der Waals surface area contributed by atoms with Crippen molar-refractivity contribution in [1.29, 1.82) is 0 Å². The van der Waals surface area contributed by atoms with E-state index in [1.807, 2.05) is 12.1 Å². The number of hydrogen-bond donors (Lipinski definition) is 0. The lowest BCUT2D eigenvalue weighted by atomic mass is 10.1. The number of aromatic nitrogens is 1. The maximum atomic E-state index is 11.9. The molecule has 4 nitrogen and oxygen atoms in total. The molecule has 0 radical (unpaired) electrons. The van der Waals surface area contributed by atoms with Crippen LogP contribution in [0.2, 0.25) is 0 Å². The molecular formula is C19H34N2O2S. The van der Waals surface area contributed by atoms with Crippen LogP contribution in [0.15, 0.2) is 24.5 Å². The Labute approximate surface area is 148 Å². The van der Waals surface area contributed by atoms with Gasteiger partial charge in [0.05, 0.1) is 6.26 Å².